The molecule has 1 aromatic heterocycles. The molecule has 9 nitrogen and oxygen atoms in total. The van der Waals surface area contributed by atoms with Gasteiger partial charge in [-0.2, -0.15) is 0 Å². The Morgan fingerprint density at radius 1 is 1.17 bits per heavy atom. The van der Waals surface area contributed by atoms with Gasteiger partial charge in [0.15, 0.2) is 11.4 Å². The Hall–Kier alpha value is -3.80. The highest BCUT2D eigenvalue weighted by Crippen LogP contribution is 2.59. The maximum Gasteiger partial charge on any atom is 0.297 e. The van der Waals surface area contributed by atoms with Gasteiger partial charge in [0.2, 0.25) is 14.3 Å². The quantitative estimate of drug-likeness (QED) is 0.287. The van der Waals surface area contributed by atoms with E-state index in [1.807, 2.05) is 30.3 Å². The number of carbonyl (C=O) groups excluding carboxylic acids is 2. The molecule has 11 heteroatoms. The van der Waals surface area contributed by atoms with Crippen LogP contribution >= 0.6 is 0 Å². The van der Waals surface area contributed by atoms with Crippen LogP contribution in [0.5, 0.6) is 5.75 Å². The van der Waals surface area contributed by atoms with Crippen LogP contribution in [0.15, 0.2) is 71.7 Å². The first-order valence-corrected chi connectivity index (χ1v) is 17.0. The number of benzene rings is 2. The van der Waals surface area contributed by atoms with Crippen molar-refractivity contribution in [3.63, 3.8) is 0 Å². The third kappa shape index (κ3) is 5.16. The third-order valence-corrected chi connectivity index (χ3v) is 10.9. The van der Waals surface area contributed by atoms with Crippen molar-refractivity contribution in [2.45, 2.75) is 50.2 Å². The van der Waals surface area contributed by atoms with E-state index in [4.69, 9.17) is 9.47 Å². The van der Waals surface area contributed by atoms with E-state index in [1.165, 1.54) is 16.6 Å². The Kier molecular flexibility index (Phi) is 8.10. The largest absolute Gasteiger partial charge is 0.491 e. The van der Waals surface area contributed by atoms with E-state index in [2.05, 4.69) is 5.32 Å². The van der Waals surface area contributed by atoms with Gasteiger partial charge >= 0.3 is 0 Å². The Bertz CT molecular complexity index is 1540. The highest BCUT2D eigenvalue weighted by atomic mass is 28.4. The van der Waals surface area contributed by atoms with Crippen molar-refractivity contribution in [1.82, 2.24) is 9.47 Å². The van der Waals surface area contributed by atoms with Gasteiger partial charge in [0.25, 0.3) is 11.5 Å². The van der Waals surface area contributed by atoms with Gasteiger partial charge in [-0.1, -0.05) is 37.3 Å². The normalized spacial score (nSPS) is 23.1. The molecule has 222 valence electrons. The average Bonchev–Trinajstić information content (AvgIpc) is 3.41. The topological polar surface area (TPSA) is 110 Å². The number of pyridine rings is 1. The smallest absolute Gasteiger partial charge is 0.297 e. The van der Waals surface area contributed by atoms with E-state index < -0.39 is 37.5 Å². The van der Waals surface area contributed by atoms with Crippen LogP contribution in [-0.2, 0) is 26.5 Å². The maximum absolute atomic E-state index is 16.1. The summed E-state index contributed by atoms with van der Waals surface area (Å²) in [4.78, 5) is 41.8. The Balaban J connectivity index is 1.52. The number of aromatic nitrogens is 1. The summed E-state index contributed by atoms with van der Waals surface area (Å²) in [6, 6.07) is 17.8. The van der Waals surface area contributed by atoms with Gasteiger partial charge in [0.05, 0.1) is 26.2 Å². The molecule has 3 aromatic rings. The monoisotopic (exact) mass is 593 g/mol. The minimum absolute atomic E-state index is 0.115. The van der Waals surface area contributed by atoms with Crippen molar-refractivity contribution in [2.75, 3.05) is 25.6 Å². The molecular weight excluding hydrogens is 557 g/mol. The molecule has 1 fully saturated rings. The number of aliphatic hydroxyl groups excluding tert-OH is 1. The number of rotatable bonds is 9. The number of methoxy groups -OCH3 is 1. The van der Waals surface area contributed by atoms with Gasteiger partial charge in [-0.25, -0.2) is 0 Å². The Labute approximate surface area is 245 Å². The molecule has 4 atom stereocenters. The van der Waals surface area contributed by atoms with Crippen LogP contribution in [0.3, 0.4) is 0 Å². The first-order chi connectivity index (χ1) is 20.0. The van der Waals surface area contributed by atoms with E-state index in [9.17, 15) is 19.5 Å². The number of nitrogens with one attached hydrogen (secondary N) is 1. The fraction of sp³-hybridized carbons (Fsp3) is 0.387. The standard InChI is InChI=1S/C31H36FN3O6Si/c1-20-28(42(3,4)32)26(18-27(37)34(15-16-36)19-21-9-6-5-7-10-21)41-31(20)23-17-22(12-13-24(23)33-30(31)39)35-14-8-11-25(40-2)29(35)38/h5-14,17,20,26,28,36H,15-16,18-19H2,1-4H3,(H,33,39)/t20-,26+,28-,31+/m1/s1. The van der Waals surface area contributed by atoms with Gasteiger partial charge in [-0.15, -0.1) is 0 Å². The van der Waals surface area contributed by atoms with Crippen LogP contribution in [0, 0.1) is 5.92 Å². The highest BCUT2D eigenvalue weighted by molar-refractivity contribution is 6.72. The minimum atomic E-state index is -3.48. The lowest BCUT2D eigenvalue weighted by Crippen LogP contribution is -2.42. The van der Waals surface area contributed by atoms with Crippen LogP contribution in [0.4, 0.5) is 9.80 Å². The van der Waals surface area contributed by atoms with Crippen molar-refractivity contribution >= 4 is 25.9 Å². The average molecular weight is 594 g/mol. The first kappa shape index (κ1) is 29.7. The summed E-state index contributed by atoms with van der Waals surface area (Å²) in [5.41, 5.74) is -0.168. The molecule has 1 saturated heterocycles. The fourth-order valence-electron chi connectivity index (χ4n) is 6.55. The molecule has 2 amide bonds. The molecule has 2 aliphatic heterocycles. The number of anilines is 1. The lowest BCUT2D eigenvalue weighted by atomic mass is 9.82. The van der Waals surface area contributed by atoms with Crippen LogP contribution in [-0.4, -0.2) is 61.2 Å². The zero-order chi connectivity index (χ0) is 30.2. The summed E-state index contributed by atoms with van der Waals surface area (Å²) >= 11 is 0. The van der Waals surface area contributed by atoms with Crippen molar-refractivity contribution in [1.29, 1.82) is 0 Å². The SMILES string of the molecule is COc1cccn(-c2ccc3c(c2)[C@]2(O[C@@H](CC(=O)N(CCO)Cc4ccccc4)[C@H]([Si](C)(C)F)[C@H]2C)C(=O)N3)c1=O. The van der Waals surface area contributed by atoms with Crippen molar-refractivity contribution in [3.05, 3.63) is 88.3 Å². The molecule has 0 aliphatic carbocycles. The van der Waals surface area contributed by atoms with Crippen LogP contribution in [0.1, 0.15) is 24.5 Å². The molecule has 0 unspecified atom stereocenters. The van der Waals surface area contributed by atoms with Crippen LogP contribution < -0.4 is 15.6 Å². The maximum atomic E-state index is 16.1. The fourth-order valence-corrected chi connectivity index (χ4v) is 9.05. The van der Waals surface area contributed by atoms with E-state index in [-0.39, 0.29) is 43.3 Å². The molecule has 0 bridgehead atoms. The number of ether oxygens (including phenoxy) is 2. The highest BCUT2D eigenvalue weighted by Gasteiger charge is 2.65. The summed E-state index contributed by atoms with van der Waals surface area (Å²) in [6.45, 7) is 5.13. The van der Waals surface area contributed by atoms with E-state index in [1.54, 1.807) is 56.5 Å². The lowest BCUT2D eigenvalue weighted by Gasteiger charge is -2.31. The summed E-state index contributed by atoms with van der Waals surface area (Å²) in [7, 11) is -2.07. The summed E-state index contributed by atoms with van der Waals surface area (Å²) in [5.74, 6) is -1.14. The zero-order valence-corrected chi connectivity index (χ0v) is 25.2. The third-order valence-electron chi connectivity index (χ3n) is 8.42. The number of hydrogen-bond acceptors (Lipinski definition) is 6. The number of aliphatic hydroxyl groups is 1. The van der Waals surface area contributed by atoms with Crippen molar-refractivity contribution < 1.29 is 28.3 Å². The Morgan fingerprint density at radius 2 is 1.90 bits per heavy atom. The predicted molar refractivity (Wildman–Crippen MR) is 159 cm³/mol. The number of halogens is 1. The number of hydrogen-bond donors (Lipinski definition) is 2. The molecule has 0 radical (unpaired) electrons. The van der Waals surface area contributed by atoms with Gasteiger partial charge in [0.1, 0.15) is 0 Å². The summed E-state index contributed by atoms with van der Waals surface area (Å²) in [6.07, 6.45) is 0.602. The molecule has 1 spiro atoms. The number of amides is 2. The Morgan fingerprint density at radius 3 is 2.57 bits per heavy atom. The van der Waals surface area contributed by atoms with Gasteiger partial charge in [0, 0.05) is 47.7 Å². The van der Waals surface area contributed by atoms with Crippen molar-refractivity contribution in [3.8, 4) is 11.4 Å². The second-order valence-electron chi connectivity index (χ2n) is 11.4. The van der Waals surface area contributed by atoms with Crippen molar-refractivity contribution in [2.24, 2.45) is 5.92 Å². The lowest BCUT2D eigenvalue weighted by molar-refractivity contribution is -0.148. The van der Waals surface area contributed by atoms with Crippen LogP contribution in [0.25, 0.3) is 5.69 Å². The van der Waals surface area contributed by atoms with E-state index >= 15 is 4.11 Å². The predicted octanol–water partition coefficient (Wildman–Crippen LogP) is 3.98. The summed E-state index contributed by atoms with van der Waals surface area (Å²) < 4.78 is 29.2. The molecule has 0 saturated carbocycles. The molecule has 2 N–H and O–H groups in total. The molecule has 42 heavy (non-hydrogen) atoms. The zero-order valence-electron chi connectivity index (χ0n) is 24.2. The van der Waals surface area contributed by atoms with Gasteiger partial charge < -0.3 is 28.9 Å². The number of nitrogens with zero attached hydrogens (tertiary/aromatic N) is 2. The van der Waals surface area contributed by atoms with E-state index in [0.29, 0.717) is 16.9 Å². The number of fused-ring (bicyclic) bond motifs is 2. The minimum Gasteiger partial charge on any atom is -0.491 e. The first-order valence-electron chi connectivity index (χ1n) is 14.0. The van der Waals surface area contributed by atoms with Crippen LogP contribution in [0.2, 0.25) is 18.6 Å². The molecule has 3 heterocycles. The molecular formula is C31H36FN3O6Si. The van der Waals surface area contributed by atoms with Gasteiger partial charge in [-0.3, -0.25) is 19.0 Å². The molecule has 5 rings (SSSR count). The number of carbonyl (C=O) groups is 2. The molecule has 2 aromatic carbocycles. The van der Waals surface area contributed by atoms with E-state index in [0.717, 1.165) is 5.56 Å². The van der Waals surface area contributed by atoms with Gasteiger partial charge in [-0.05, 0) is 49.0 Å². The summed E-state index contributed by atoms with van der Waals surface area (Å²) in [5, 5.41) is 12.6. The second kappa shape index (κ2) is 11.5. The second-order valence-corrected chi connectivity index (χ2v) is 15.2. The molecule has 2 aliphatic rings.